The van der Waals surface area contributed by atoms with Gasteiger partial charge in [-0.3, -0.25) is 9.69 Å². The van der Waals surface area contributed by atoms with E-state index in [0.717, 1.165) is 37.9 Å². The highest BCUT2D eigenvalue weighted by Crippen LogP contribution is 2.30. The fourth-order valence-corrected chi connectivity index (χ4v) is 3.58. The standard InChI is InChI=1S/C19H25N3O4S/c1-3-25-16-6-5-14(11-17(16)26-4-2)20-19(23)15-13-27-18(21-15)12-22-7-9-24-10-8-22/h5-6,11,13H,3-4,7-10,12H2,1-2H3,(H,20,23). The van der Waals surface area contributed by atoms with Crippen LogP contribution < -0.4 is 14.8 Å². The Morgan fingerprint density at radius 3 is 2.70 bits per heavy atom. The van der Waals surface area contributed by atoms with Gasteiger partial charge in [0.1, 0.15) is 10.7 Å². The van der Waals surface area contributed by atoms with Crippen molar-refractivity contribution in [3.63, 3.8) is 0 Å². The van der Waals surface area contributed by atoms with Crippen molar-refractivity contribution in [3.05, 3.63) is 34.3 Å². The summed E-state index contributed by atoms with van der Waals surface area (Å²) in [7, 11) is 0. The monoisotopic (exact) mass is 391 g/mol. The molecule has 1 aliphatic heterocycles. The summed E-state index contributed by atoms with van der Waals surface area (Å²) in [5.41, 5.74) is 1.07. The first-order chi connectivity index (χ1) is 13.2. The lowest BCUT2D eigenvalue weighted by Crippen LogP contribution is -2.35. The number of carbonyl (C=O) groups excluding carboxylic acids is 1. The average molecular weight is 391 g/mol. The van der Waals surface area contributed by atoms with Gasteiger partial charge in [-0.15, -0.1) is 11.3 Å². The predicted octanol–water partition coefficient (Wildman–Crippen LogP) is 3.03. The summed E-state index contributed by atoms with van der Waals surface area (Å²) >= 11 is 1.50. The van der Waals surface area contributed by atoms with Gasteiger partial charge in [-0.2, -0.15) is 0 Å². The van der Waals surface area contributed by atoms with Gasteiger partial charge in [-0.05, 0) is 26.0 Å². The Labute approximate surface area is 163 Å². The molecule has 0 bridgehead atoms. The van der Waals surface area contributed by atoms with Crippen molar-refractivity contribution >= 4 is 22.9 Å². The Hall–Kier alpha value is -2.16. The van der Waals surface area contributed by atoms with Crippen molar-refractivity contribution in [2.75, 3.05) is 44.8 Å². The Balaban J connectivity index is 1.63. The number of ether oxygens (including phenoxy) is 3. The second-order valence-corrected chi connectivity index (χ2v) is 6.94. The van der Waals surface area contributed by atoms with Gasteiger partial charge in [-0.25, -0.2) is 4.98 Å². The number of carbonyl (C=O) groups is 1. The molecule has 8 heteroatoms. The van der Waals surface area contributed by atoms with Crippen LogP contribution in [0.25, 0.3) is 0 Å². The maximum Gasteiger partial charge on any atom is 0.275 e. The average Bonchev–Trinajstić information content (AvgIpc) is 3.14. The van der Waals surface area contributed by atoms with Crippen molar-refractivity contribution in [2.45, 2.75) is 20.4 Å². The van der Waals surface area contributed by atoms with Crippen LogP contribution in [0.15, 0.2) is 23.6 Å². The van der Waals surface area contributed by atoms with Crippen LogP contribution in [0.1, 0.15) is 29.3 Å². The number of benzene rings is 1. The molecule has 146 valence electrons. The third kappa shape index (κ3) is 5.41. The summed E-state index contributed by atoms with van der Waals surface area (Å²) in [6.45, 7) is 8.94. The smallest absolute Gasteiger partial charge is 0.275 e. The molecular weight excluding hydrogens is 366 g/mol. The van der Waals surface area contributed by atoms with Crippen molar-refractivity contribution in [1.82, 2.24) is 9.88 Å². The van der Waals surface area contributed by atoms with Crippen molar-refractivity contribution < 1.29 is 19.0 Å². The zero-order valence-electron chi connectivity index (χ0n) is 15.7. The fourth-order valence-electron chi connectivity index (χ4n) is 2.76. The summed E-state index contributed by atoms with van der Waals surface area (Å²) < 4.78 is 16.5. The molecule has 1 saturated heterocycles. The van der Waals surface area contributed by atoms with Gasteiger partial charge in [0.2, 0.25) is 0 Å². The highest BCUT2D eigenvalue weighted by Gasteiger charge is 2.16. The van der Waals surface area contributed by atoms with E-state index in [1.54, 1.807) is 23.6 Å². The maximum absolute atomic E-state index is 12.5. The molecule has 2 aromatic rings. The SMILES string of the molecule is CCOc1ccc(NC(=O)c2csc(CN3CCOCC3)n2)cc1OCC. The number of nitrogens with one attached hydrogen (secondary N) is 1. The third-order valence-electron chi connectivity index (χ3n) is 4.05. The number of hydrogen-bond donors (Lipinski definition) is 1. The molecule has 7 nitrogen and oxygen atoms in total. The third-order valence-corrected chi connectivity index (χ3v) is 4.88. The Morgan fingerprint density at radius 2 is 1.96 bits per heavy atom. The molecule has 1 aliphatic rings. The molecule has 3 rings (SSSR count). The molecule has 0 atom stereocenters. The summed E-state index contributed by atoms with van der Waals surface area (Å²) in [6, 6.07) is 5.37. The van der Waals surface area contributed by atoms with E-state index in [0.29, 0.717) is 36.1 Å². The largest absolute Gasteiger partial charge is 0.490 e. The molecule has 1 aromatic heterocycles. The van der Waals surface area contributed by atoms with Gasteiger partial charge < -0.3 is 19.5 Å². The topological polar surface area (TPSA) is 72.9 Å². The lowest BCUT2D eigenvalue weighted by molar-refractivity contribution is 0.0341. The van der Waals surface area contributed by atoms with Crippen molar-refractivity contribution in [1.29, 1.82) is 0 Å². The molecule has 0 aliphatic carbocycles. The fraction of sp³-hybridized carbons (Fsp3) is 0.474. The highest BCUT2D eigenvalue weighted by atomic mass is 32.1. The van der Waals surface area contributed by atoms with E-state index >= 15 is 0 Å². The molecule has 1 N–H and O–H groups in total. The molecule has 0 unspecified atom stereocenters. The summed E-state index contributed by atoms with van der Waals surface area (Å²) in [5.74, 6) is 1.05. The number of amides is 1. The van der Waals surface area contributed by atoms with E-state index in [1.165, 1.54) is 11.3 Å². The van der Waals surface area contributed by atoms with E-state index in [1.807, 2.05) is 13.8 Å². The molecule has 1 aromatic carbocycles. The first-order valence-electron chi connectivity index (χ1n) is 9.15. The van der Waals surface area contributed by atoms with Gasteiger partial charge in [0.25, 0.3) is 5.91 Å². The van der Waals surface area contributed by atoms with E-state index < -0.39 is 0 Å². The van der Waals surface area contributed by atoms with Crippen LogP contribution in [0.3, 0.4) is 0 Å². The second kappa shape index (κ2) is 9.68. The lowest BCUT2D eigenvalue weighted by Gasteiger charge is -2.25. The number of anilines is 1. The number of hydrogen-bond acceptors (Lipinski definition) is 7. The first-order valence-corrected chi connectivity index (χ1v) is 10.0. The molecule has 0 radical (unpaired) electrons. The molecular formula is C19H25N3O4S. The molecule has 0 spiro atoms. The molecule has 1 amide bonds. The van der Waals surface area contributed by atoms with E-state index in [4.69, 9.17) is 14.2 Å². The first kappa shape index (κ1) is 19.6. The Bertz CT molecular complexity index is 759. The van der Waals surface area contributed by atoms with Crippen LogP contribution in [-0.4, -0.2) is 55.3 Å². The Morgan fingerprint density at radius 1 is 1.22 bits per heavy atom. The normalized spacial score (nSPS) is 14.7. The van der Waals surface area contributed by atoms with Crippen LogP contribution in [0, 0.1) is 0 Å². The predicted molar refractivity (Wildman–Crippen MR) is 105 cm³/mol. The maximum atomic E-state index is 12.5. The summed E-state index contributed by atoms with van der Waals surface area (Å²) in [5, 5.41) is 5.61. The van der Waals surface area contributed by atoms with Crippen molar-refractivity contribution in [3.8, 4) is 11.5 Å². The molecule has 0 saturated carbocycles. The van der Waals surface area contributed by atoms with E-state index in [-0.39, 0.29) is 5.91 Å². The minimum Gasteiger partial charge on any atom is -0.490 e. The van der Waals surface area contributed by atoms with Gasteiger partial charge in [0.05, 0.1) is 33.0 Å². The van der Waals surface area contributed by atoms with Crippen LogP contribution in [-0.2, 0) is 11.3 Å². The summed E-state index contributed by atoms with van der Waals surface area (Å²) in [4.78, 5) is 19.3. The van der Waals surface area contributed by atoms with Gasteiger partial charge >= 0.3 is 0 Å². The minimum atomic E-state index is -0.230. The molecule has 27 heavy (non-hydrogen) atoms. The van der Waals surface area contributed by atoms with Crippen molar-refractivity contribution in [2.24, 2.45) is 0 Å². The number of rotatable bonds is 8. The van der Waals surface area contributed by atoms with Crippen LogP contribution in [0.5, 0.6) is 11.5 Å². The van der Waals surface area contributed by atoms with Crippen LogP contribution in [0.4, 0.5) is 5.69 Å². The van der Waals surface area contributed by atoms with Crippen LogP contribution in [0.2, 0.25) is 0 Å². The summed E-state index contributed by atoms with van der Waals surface area (Å²) in [6.07, 6.45) is 0. The van der Waals surface area contributed by atoms with Gasteiger partial charge in [0, 0.05) is 30.2 Å². The zero-order valence-corrected chi connectivity index (χ0v) is 16.5. The van der Waals surface area contributed by atoms with Gasteiger partial charge in [-0.1, -0.05) is 0 Å². The number of aromatic nitrogens is 1. The highest BCUT2D eigenvalue weighted by molar-refractivity contribution is 7.09. The molecule has 2 heterocycles. The molecule has 1 fully saturated rings. The lowest BCUT2D eigenvalue weighted by atomic mass is 10.2. The van der Waals surface area contributed by atoms with E-state index in [2.05, 4.69) is 15.2 Å². The number of thiazole rings is 1. The second-order valence-electron chi connectivity index (χ2n) is 6.00. The van der Waals surface area contributed by atoms with Gasteiger partial charge in [0.15, 0.2) is 11.5 Å². The minimum absolute atomic E-state index is 0.230. The van der Waals surface area contributed by atoms with E-state index in [9.17, 15) is 4.79 Å². The number of morpholine rings is 1. The van der Waals surface area contributed by atoms with Crippen LogP contribution >= 0.6 is 11.3 Å². The number of nitrogens with zero attached hydrogens (tertiary/aromatic N) is 2. The Kier molecular flexibility index (Phi) is 7.03. The quantitative estimate of drug-likeness (QED) is 0.746. The zero-order chi connectivity index (χ0) is 19.1.